The monoisotopic (exact) mass is 529 g/mol. The predicted molar refractivity (Wildman–Crippen MR) is 128 cm³/mol. The molecule has 12 nitrogen and oxygen atoms in total. The van der Waals surface area contributed by atoms with Crippen molar-refractivity contribution in [1.82, 2.24) is 16.0 Å². The van der Waals surface area contributed by atoms with Crippen molar-refractivity contribution in [3.05, 3.63) is 35.9 Å². The summed E-state index contributed by atoms with van der Waals surface area (Å²) in [5.41, 5.74) is -2.15. The molecule has 13 heteroatoms. The second kappa shape index (κ2) is 13.2. The van der Waals surface area contributed by atoms with Crippen molar-refractivity contribution in [2.75, 3.05) is 6.54 Å². The molecule has 1 unspecified atom stereocenters. The zero-order valence-corrected chi connectivity index (χ0v) is 21.0. The van der Waals surface area contributed by atoms with Crippen molar-refractivity contribution >= 4 is 34.0 Å². The zero-order chi connectivity index (χ0) is 28.7. The van der Waals surface area contributed by atoms with E-state index in [1.54, 1.807) is 32.0 Å². The fourth-order valence-corrected chi connectivity index (χ4v) is 4.55. The lowest BCUT2D eigenvalue weighted by Gasteiger charge is -2.29. The first-order valence-electron chi connectivity index (χ1n) is 12.4. The molecule has 3 amide bonds. The van der Waals surface area contributed by atoms with Gasteiger partial charge in [0.15, 0.2) is 0 Å². The van der Waals surface area contributed by atoms with Crippen molar-refractivity contribution in [2.45, 2.75) is 64.1 Å². The minimum absolute atomic E-state index is 0.0377. The first-order chi connectivity index (χ1) is 17.6. The molecular formula is C23H33N3O9S. The molecule has 2 rings (SSSR count). The summed E-state index contributed by atoms with van der Waals surface area (Å²) in [5, 5.41) is 7.25. The van der Waals surface area contributed by atoms with E-state index in [2.05, 4.69) is 16.0 Å². The molecule has 1 aromatic rings. The Morgan fingerprint density at radius 2 is 1.89 bits per heavy atom. The molecule has 1 aliphatic rings. The molecule has 36 heavy (non-hydrogen) atoms. The highest BCUT2D eigenvalue weighted by Crippen LogP contribution is 2.22. The SMILES string of the molecule is [2H]C([2H])(OC(=O)N[C@@H](CC(C)C)C(=O)N[C@@H](C[C@@H]1CCNC1=O)C(OC(C)=O)S(=O)(=O)O)c1ccccc1. The number of rotatable bonds is 12. The predicted octanol–water partition coefficient (Wildman–Crippen LogP) is 1.12. The van der Waals surface area contributed by atoms with Gasteiger partial charge in [-0.3, -0.25) is 18.9 Å². The summed E-state index contributed by atoms with van der Waals surface area (Å²) in [6.07, 6.45) is -1.18. The van der Waals surface area contributed by atoms with Crippen LogP contribution in [-0.2, 0) is 40.5 Å². The number of nitrogens with one attached hydrogen (secondary N) is 3. The second-order valence-electron chi connectivity index (χ2n) is 8.80. The van der Waals surface area contributed by atoms with Crippen LogP contribution in [0.3, 0.4) is 0 Å². The van der Waals surface area contributed by atoms with Gasteiger partial charge < -0.3 is 25.4 Å². The number of carbonyl (C=O) groups excluding carboxylic acids is 4. The average Bonchev–Trinajstić information content (AvgIpc) is 3.20. The molecule has 0 bridgehead atoms. The molecule has 1 aliphatic heterocycles. The van der Waals surface area contributed by atoms with Crippen molar-refractivity contribution in [3.8, 4) is 0 Å². The van der Waals surface area contributed by atoms with Crippen LogP contribution in [0.25, 0.3) is 0 Å². The van der Waals surface area contributed by atoms with E-state index >= 15 is 0 Å². The van der Waals surface area contributed by atoms with Gasteiger partial charge in [-0.2, -0.15) is 8.42 Å². The molecule has 200 valence electrons. The first-order valence-corrected chi connectivity index (χ1v) is 12.9. The highest BCUT2D eigenvalue weighted by molar-refractivity contribution is 7.86. The van der Waals surface area contributed by atoms with Crippen LogP contribution in [0.1, 0.15) is 48.3 Å². The summed E-state index contributed by atoms with van der Waals surface area (Å²) in [4.78, 5) is 49.5. The van der Waals surface area contributed by atoms with Crippen molar-refractivity contribution in [3.63, 3.8) is 0 Å². The fraction of sp³-hybridized carbons (Fsp3) is 0.565. The van der Waals surface area contributed by atoms with Gasteiger partial charge in [0.2, 0.25) is 17.3 Å². The van der Waals surface area contributed by atoms with Crippen molar-refractivity contribution in [1.29, 1.82) is 0 Å². The topological polar surface area (TPSA) is 177 Å². The number of hydrogen-bond acceptors (Lipinski definition) is 8. The lowest BCUT2D eigenvalue weighted by atomic mass is 9.97. The minimum atomic E-state index is -5.04. The molecule has 4 N–H and O–H groups in total. The van der Waals surface area contributed by atoms with Crippen LogP contribution in [0.4, 0.5) is 4.79 Å². The van der Waals surface area contributed by atoms with Crippen LogP contribution < -0.4 is 16.0 Å². The summed E-state index contributed by atoms with van der Waals surface area (Å²) < 4.78 is 59.6. The lowest BCUT2D eigenvalue weighted by molar-refractivity contribution is -0.145. The Kier molecular flexibility index (Phi) is 9.50. The molecule has 0 radical (unpaired) electrons. The van der Waals surface area contributed by atoms with Crippen LogP contribution in [0, 0.1) is 11.8 Å². The van der Waals surface area contributed by atoms with Gasteiger partial charge in [-0.15, -0.1) is 0 Å². The van der Waals surface area contributed by atoms with Gasteiger partial charge in [0.25, 0.3) is 0 Å². The van der Waals surface area contributed by atoms with Crippen LogP contribution in [0.2, 0.25) is 0 Å². The van der Waals surface area contributed by atoms with Gasteiger partial charge in [0, 0.05) is 19.4 Å². The molecule has 1 aromatic carbocycles. The third-order valence-electron chi connectivity index (χ3n) is 5.28. The maximum atomic E-state index is 13.2. The van der Waals surface area contributed by atoms with Crippen molar-refractivity contribution in [2.24, 2.45) is 11.8 Å². The van der Waals surface area contributed by atoms with E-state index in [0.29, 0.717) is 13.0 Å². The summed E-state index contributed by atoms with van der Waals surface area (Å²) in [6.45, 7) is 2.21. The van der Waals surface area contributed by atoms with Gasteiger partial charge >= 0.3 is 22.2 Å². The zero-order valence-electron chi connectivity index (χ0n) is 22.2. The van der Waals surface area contributed by atoms with E-state index in [1.807, 2.05) is 0 Å². The quantitative estimate of drug-likeness (QED) is 0.228. The number of esters is 1. The Bertz CT molecular complexity index is 1120. The van der Waals surface area contributed by atoms with E-state index in [9.17, 15) is 32.1 Å². The molecule has 0 spiro atoms. The Morgan fingerprint density at radius 3 is 2.42 bits per heavy atom. The first kappa shape index (κ1) is 25.9. The highest BCUT2D eigenvalue weighted by atomic mass is 32.2. The minimum Gasteiger partial charge on any atom is -0.445 e. The molecule has 0 aromatic heterocycles. The molecule has 1 saturated heterocycles. The van der Waals surface area contributed by atoms with Gasteiger partial charge in [-0.05, 0) is 30.7 Å². The summed E-state index contributed by atoms with van der Waals surface area (Å²) in [7, 11) is -5.04. The molecule has 0 saturated carbocycles. The Balaban J connectivity index is 2.26. The summed E-state index contributed by atoms with van der Waals surface area (Å²) in [5.74, 6) is -3.27. The van der Waals surface area contributed by atoms with E-state index in [1.165, 1.54) is 12.1 Å². The van der Waals surface area contributed by atoms with E-state index in [-0.39, 0.29) is 24.3 Å². The molecule has 1 heterocycles. The number of benzene rings is 1. The van der Waals surface area contributed by atoms with E-state index in [0.717, 1.165) is 6.92 Å². The summed E-state index contributed by atoms with van der Waals surface area (Å²) in [6, 6.07) is 4.74. The van der Waals surface area contributed by atoms with Crippen LogP contribution in [0.15, 0.2) is 30.3 Å². The van der Waals surface area contributed by atoms with E-state index < -0.39 is 64.0 Å². The van der Waals surface area contributed by atoms with Gasteiger partial charge in [-0.1, -0.05) is 44.2 Å². The molecule has 0 aliphatic carbocycles. The second-order valence-corrected chi connectivity index (χ2v) is 10.3. The van der Waals surface area contributed by atoms with Crippen molar-refractivity contribution < 1.29 is 44.4 Å². The summed E-state index contributed by atoms with van der Waals surface area (Å²) >= 11 is 0. The van der Waals surface area contributed by atoms with Crippen LogP contribution in [0.5, 0.6) is 0 Å². The maximum Gasteiger partial charge on any atom is 0.408 e. The average molecular weight is 530 g/mol. The number of hydrogen-bond donors (Lipinski definition) is 4. The molecule has 4 atom stereocenters. The van der Waals surface area contributed by atoms with Gasteiger partial charge in [0.05, 0.1) is 8.78 Å². The molecule has 1 fully saturated rings. The maximum absolute atomic E-state index is 13.2. The molecular weight excluding hydrogens is 494 g/mol. The van der Waals surface area contributed by atoms with Crippen LogP contribution in [-0.4, -0.2) is 60.9 Å². The number of alkyl carbamates (subject to hydrolysis) is 1. The Hall–Kier alpha value is -3.19. The Labute approximate surface area is 213 Å². The largest absolute Gasteiger partial charge is 0.445 e. The lowest BCUT2D eigenvalue weighted by Crippen LogP contribution is -2.55. The third kappa shape index (κ3) is 9.46. The highest BCUT2D eigenvalue weighted by Gasteiger charge is 2.41. The van der Waals surface area contributed by atoms with Crippen LogP contribution >= 0.6 is 0 Å². The third-order valence-corrected chi connectivity index (χ3v) is 6.30. The van der Waals surface area contributed by atoms with Gasteiger partial charge in [-0.25, -0.2) is 4.79 Å². The number of carbonyl (C=O) groups is 4. The number of amides is 3. The fourth-order valence-electron chi connectivity index (χ4n) is 3.70. The Morgan fingerprint density at radius 1 is 1.22 bits per heavy atom. The van der Waals surface area contributed by atoms with Gasteiger partial charge in [0.1, 0.15) is 12.6 Å². The smallest absolute Gasteiger partial charge is 0.408 e. The normalized spacial score (nSPS) is 19.2. The van der Waals surface area contributed by atoms with E-state index in [4.69, 9.17) is 12.2 Å². The standard InChI is InChI=1S/C23H33N3O9S/c1-14(2)11-18(26-23(30)34-13-16-7-5-4-6-8-16)21(29)25-19(12-17-9-10-24-20(17)28)22(35-15(3)27)36(31,32)33/h4-8,14,17-19,22H,9-13H2,1-3H3,(H,24,28)(H,25,29)(H,26,30)(H,31,32,33)/t17-,18-,19-,22?/m0/s1/i13D2. The number of ether oxygens (including phenoxy) is 2.